The highest BCUT2D eigenvalue weighted by atomic mass is 19.4. The molecule has 106 valence electrons. The average molecular weight is 286 g/mol. The lowest BCUT2D eigenvalue weighted by molar-refractivity contribution is -0.139. The van der Waals surface area contributed by atoms with Gasteiger partial charge in [0.25, 0.3) is 0 Å². The maximum atomic E-state index is 13.5. The zero-order valence-corrected chi connectivity index (χ0v) is 10.3. The number of hydrogen-bond acceptors (Lipinski definition) is 2. The van der Waals surface area contributed by atoms with E-state index in [-0.39, 0.29) is 16.9 Å². The SMILES string of the molecule is COc1ccc(O)c(-c2ccc(C(F)(F)F)c(F)c2)c1. The van der Waals surface area contributed by atoms with Crippen LogP contribution in [0.25, 0.3) is 11.1 Å². The van der Waals surface area contributed by atoms with E-state index in [9.17, 15) is 22.7 Å². The van der Waals surface area contributed by atoms with Crippen molar-refractivity contribution in [3.05, 3.63) is 47.8 Å². The molecule has 6 heteroatoms. The Labute approximate surface area is 112 Å². The van der Waals surface area contributed by atoms with Gasteiger partial charge in [-0.25, -0.2) is 4.39 Å². The topological polar surface area (TPSA) is 29.5 Å². The fourth-order valence-corrected chi connectivity index (χ4v) is 1.79. The van der Waals surface area contributed by atoms with Crippen LogP contribution in [-0.2, 0) is 6.18 Å². The largest absolute Gasteiger partial charge is 0.507 e. The van der Waals surface area contributed by atoms with Crippen molar-refractivity contribution in [1.82, 2.24) is 0 Å². The predicted molar refractivity (Wildman–Crippen MR) is 65.1 cm³/mol. The van der Waals surface area contributed by atoms with E-state index in [0.717, 1.165) is 12.1 Å². The maximum absolute atomic E-state index is 13.5. The van der Waals surface area contributed by atoms with E-state index in [1.807, 2.05) is 0 Å². The van der Waals surface area contributed by atoms with Crippen LogP contribution in [-0.4, -0.2) is 12.2 Å². The van der Waals surface area contributed by atoms with Gasteiger partial charge < -0.3 is 9.84 Å². The molecule has 2 aromatic rings. The van der Waals surface area contributed by atoms with E-state index in [1.54, 1.807) is 0 Å². The molecule has 20 heavy (non-hydrogen) atoms. The van der Waals surface area contributed by atoms with Crippen molar-refractivity contribution in [2.45, 2.75) is 6.18 Å². The summed E-state index contributed by atoms with van der Waals surface area (Å²) >= 11 is 0. The Balaban J connectivity index is 2.52. The van der Waals surface area contributed by atoms with Gasteiger partial charge in [0.1, 0.15) is 17.3 Å². The third-order valence-electron chi connectivity index (χ3n) is 2.79. The highest BCUT2D eigenvalue weighted by Gasteiger charge is 2.34. The number of alkyl halides is 3. The van der Waals surface area contributed by atoms with Crippen LogP contribution in [0.2, 0.25) is 0 Å². The maximum Gasteiger partial charge on any atom is 0.419 e. The first-order chi connectivity index (χ1) is 9.32. The molecule has 0 aliphatic rings. The summed E-state index contributed by atoms with van der Waals surface area (Å²) in [5.41, 5.74) is -1.02. The van der Waals surface area contributed by atoms with Crippen molar-refractivity contribution in [3.63, 3.8) is 0 Å². The molecular weight excluding hydrogens is 276 g/mol. The minimum Gasteiger partial charge on any atom is -0.507 e. The lowest BCUT2D eigenvalue weighted by atomic mass is 10.0. The van der Waals surface area contributed by atoms with Crippen molar-refractivity contribution < 1.29 is 27.4 Å². The van der Waals surface area contributed by atoms with E-state index < -0.39 is 17.6 Å². The van der Waals surface area contributed by atoms with Crippen molar-refractivity contribution in [2.75, 3.05) is 7.11 Å². The van der Waals surface area contributed by atoms with Gasteiger partial charge in [0, 0.05) is 5.56 Å². The Hall–Kier alpha value is -2.24. The Bertz CT molecular complexity index is 636. The Kier molecular flexibility index (Phi) is 3.57. The molecule has 0 atom stereocenters. The molecule has 0 unspecified atom stereocenters. The summed E-state index contributed by atoms with van der Waals surface area (Å²) in [6.07, 6.45) is -4.75. The number of ether oxygens (including phenoxy) is 1. The number of phenols is 1. The highest BCUT2D eigenvalue weighted by Crippen LogP contribution is 2.36. The summed E-state index contributed by atoms with van der Waals surface area (Å²) < 4.78 is 55.9. The van der Waals surface area contributed by atoms with Crippen molar-refractivity contribution in [3.8, 4) is 22.6 Å². The van der Waals surface area contributed by atoms with E-state index in [1.165, 1.54) is 25.3 Å². The molecule has 0 saturated heterocycles. The highest BCUT2D eigenvalue weighted by molar-refractivity contribution is 5.72. The minimum absolute atomic E-state index is 0.131. The quantitative estimate of drug-likeness (QED) is 0.837. The molecule has 0 aliphatic carbocycles. The fraction of sp³-hybridized carbons (Fsp3) is 0.143. The minimum atomic E-state index is -4.75. The number of benzene rings is 2. The van der Waals surface area contributed by atoms with Crippen LogP contribution in [0.1, 0.15) is 5.56 Å². The van der Waals surface area contributed by atoms with Gasteiger partial charge in [0.2, 0.25) is 0 Å². The van der Waals surface area contributed by atoms with E-state index in [4.69, 9.17) is 4.74 Å². The van der Waals surface area contributed by atoms with Gasteiger partial charge >= 0.3 is 6.18 Å². The van der Waals surface area contributed by atoms with Gasteiger partial charge in [-0.1, -0.05) is 6.07 Å². The van der Waals surface area contributed by atoms with Crippen LogP contribution < -0.4 is 4.74 Å². The number of rotatable bonds is 2. The van der Waals surface area contributed by atoms with Crippen LogP contribution in [0.4, 0.5) is 17.6 Å². The lowest BCUT2D eigenvalue weighted by Gasteiger charge is -2.11. The van der Waals surface area contributed by atoms with Crippen LogP contribution in [0, 0.1) is 5.82 Å². The summed E-state index contributed by atoms with van der Waals surface area (Å²) in [6, 6.07) is 6.70. The monoisotopic (exact) mass is 286 g/mol. The van der Waals surface area contributed by atoms with E-state index >= 15 is 0 Å². The summed E-state index contributed by atoms with van der Waals surface area (Å²) in [4.78, 5) is 0. The number of aromatic hydroxyl groups is 1. The molecule has 0 saturated carbocycles. The smallest absolute Gasteiger partial charge is 0.419 e. The standard InChI is InChI=1S/C14H10F4O2/c1-20-9-3-5-13(19)10(7-9)8-2-4-11(12(15)6-8)14(16,17)18/h2-7,19H,1H3. The molecule has 0 aromatic heterocycles. The summed E-state index contributed by atoms with van der Waals surface area (Å²) in [7, 11) is 1.41. The Morgan fingerprint density at radius 1 is 1.05 bits per heavy atom. The third kappa shape index (κ3) is 2.68. The van der Waals surface area contributed by atoms with Crippen LogP contribution in [0.15, 0.2) is 36.4 Å². The summed E-state index contributed by atoms with van der Waals surface area (Å²) in [5, 5.41) is 9.70. The molecule has 0 radical (unpaired) electrons. The molecule has 0 fully saturated rings. The van der Waals surface area contributed by atoms with Crippen LogP contribution >= 0.6 is 0 Å². The summed E-state index contributed by atoms with van der Waals surface area (Å²) in [5.74, 6) is -1.17. The first kappa shape index (κ1) is 14.2. The van der Waals surface area contributed by atoms with Gasteiger partial charge in [-0.3, -0.25) is 0 Å². The average Bonchev–Trinajstić information content (AvgIpc) is 2.37. The van der Waals surface area contributed by atoms with Gasteiger partial charge in [0.15, 0.2) is 0 Å². The fourth-order valence-electron chi connectivity index (χ4n) is 1.79. The first-order valence-electron chi connectivity index (χ1n) is 5.57. The number of halogens is 4. The zero-order valence-electron chi connectivity index (χ0n) is 10.3. The van der Waals surface area contributed by atoms with Gasteiger partial charge in [-0.2, -0.15) is 13.2 Å². The Morgan fingerprint density at radius 3 is 2.30 bits per heavy atom. The molecule has 0 heterocycles. The molecule has 2 nitrogen and oxygen atoms in total. The van der Waals surface area contributed by atoms with E-state index in [2.05, 4.69) is 0 Å². The zero-order chi connectivity index (χ0) is 14.9. The second kappa shape index (κ2) is 5.03. The molecule has 0 spiro atoms. The second-order valence-electron chi connectivity index (χ2n) is 4.08. The van der Waals surface area contributed by atoms with Crippen LogP contribution in [0.3, 0.4) is 0 Å². The molecule has 0 bridgehead atoms. The number of phenolic OH excluding ortho intramolecular Hbond substituents is 1. The normalized spacial score (nSPS) is 11.4. The van der Waals surface area contributed by atoms with Gasteiger partial charge in [-0.15, -0.1) is 0 Å². The van der Waals surface area contributed by atoms with Gasteiger partial charge in [-0.05, 0) is 35.9 Å². The second-order valence-corrected chi connectivity index (χ2v) is 4.08. The lowest BCUT2D eigenvalue weighted by Crippen LogP contribution is -2.07. The Morgan fingerprint density at radius 2 is 1.75 bits per heavy atom. The van der Waals surface area contributed by atoms with Crippen LogP contribution in [0.5, 0.6) is 11.5 Å². The van der Waals surface area contributed by atoms with Gasteiger partial charge in [0.05, 0.1) is 12.7 Å². The first-order valence-corrected chi connectivity index (χ1v) is 5.57. The number of hydrogen-bond donors (Lipinski definition) is 1. The third-order valence-corrected chi connectivity index (χ3v) is 2.79. The summed E-state index contributed by atoms with van der Waals surface area (Å²) in [6.45, 7) is 0. The molecule has 1 N–H and O–H groups in total. The molecular formula is C14H10F4O2. The molecule has 0 aliphatic heterocycles. The van der Waals surface area contributed by atoms with Crippen molar-refractivity contribution in [2.24, 2.45) is 0 Å². The van der Waals surface area contributed by atoms with E-state index in [0.29, 0.717) is 11.8 Å². The molecule has 2 rings (SSSR count). The molecule has 0 amide bonds. The predicted octanol–water partition coefficient (Wildman–Crippen LogP) is 4.23. The van der Waals surface area contributed by atoms with Crippen molar-refractivity contribution in [1.29, 1.82) is 0 Å². The van der Waals surface area contributed by atoms with Crippen molar-refractivity contribution >= 4 is 0 Å². The number of methoxy groups -OCH3 is 1. The molecule has 2 aromatic carbocycles.